The van der Waals surface area contributed by atoms with Crippen molar-refractivity contribution < 1.29 is 9.90 Å². The molecule has 0 spiro atoms. The predicted molar refractivity (Wildman–Crippen MR) is 67.1 cm³/mol. The van der Waals surface area contributed by atoms with Gasteiger partial charge in [-0.25, -0.2) is 0 Å². The summed E-state index contributed by atoms with van der Waals surface area (Å²) >= 11 is 0. The largest absolute Gasteiger partial charge is 0.481 e. The lowest BCUT2D eigenvalue weighted by atomic mass is 10.1. The minimum Gasteiger partial charge on any atom is -0.481 e. The SMILES string of the molecule is CC1CCNC(CC(=O)O)CN1C1CCCC1. The zero-order valence-corrected chi connectivity index (χ0v) is 10.7. The highest BCUT2D eigenvalue weighted by atomic mass is 16.4. The summed E-state index contributed by atoms with van der Waals surface area (Å²) in [5, 5.41) is 12.3. The van der Waals surface area contributed by atoms with Gasteiger partial charge in [0.25, 0.3) is 0 Å². The molecule has 1 aliphatic carbocycles. The van der Waals surface area contributed by atoms with Crippen LogP contribution in [-0.4, -0.2) is 47.2 Å². The Balaban J connectivity index is 1.97. The fraction of sp³-hybridized carbons (Fsp3) is 0.923. The maximum Gasteiger partial charge on any atom is 0.304 e. The molecule has 1 saturated carbocycles. The van der Waals surface area contributed by atoms with Gasteiger partial charge in [-0.1, -0.05) is 12.8 Å². The molecule has 4 heteroatoms. The van der Waals surface area contributed by atoms with Crippen LogP contribution in [0.15, 0.2) is 0 Å². The molecule has 17 heavy (non-hydrogen) atoms. The lowest BCUT2D eigenvalue weighted by Gasteiger charge is -2.34. The van der Waals surface area contributed by atoms with E-state index >= 15 is 0 Å². The van der Waals surface area contributed by atoms with Crippen LogP contribution in [0.4, 0.5) is 0 Å². The van der Waals surface area contributed by atoms with Crippen molar-refractivity contribution in [1.29, 1.82) is 0 Å². The molecule has 0 radical (unpaired) electrons. The van der Waals surface area contributed by atoms with E-state index in [1.165, 1.54) is 25.7 Å². The van der Waals surface area contributed by atoms with Crippen LogP contribution in [0.25, 0.3) is 0 Å². The molecule has 0 aromatic carbocycles. The van der Waals surface area contributed by atoms with E-state index in [2.05, 4.69) is 17.1 Å². The van der Waals surface area contributed by atoms with Crippen molar-refractivity contribution in [2.75, 3.05) is 13.1 Å². The lowest BCUT2D eigenvalue weighted by Crippen LogP contribution is -2.45. The fourth-order valence-corrected chi connectivity index (χ4v) is 3.25. The summed E-state index contributed by atoms with van der Waals surface area (Å²) in [7, 11) is 0. The van der Waals surface area contributed by atoms with E-state index in [1.54, 1.807) is 0 Å². The van der Waals surface area contributed by atoms with E-state index < -0.39 is 5.97 Å². The summed E-state index contributed by atoms with van der Waals surface area (Å²) in [6.07, 6.45) is 6.65. The molecular weight excluding hydrogens is 216 g/mol. The van der Waals surface area contributed by atoms with E-state index in [0.717, 1.165) is 19.5 Å². The summed E-state index contributed by atoms with van der Waals surface area (Å²) in [5.41, 5.74) is 0. The van der Waals surface area contributed by atoms with E-state index in [-0.39, 0.29) is 12.5 Å². The van der Waals surface area contributed by atoms with Gasteiger partial charge in [-0.3, -0.25) is 9.69 Å². The maximum atomic E-state index is 10.8. The molecule has 0 aromatic rings. The van der Waals surface area contributed by atoms with Crippen molar-refractivity contribution in [3.8, 4) is 0 Å². The summed E-state index contributed by atoms with van der Waals surface area (Å²) < 4.78 is 0. The fourth-order valence-electron chi connectivity index (χ4n) is 3.25. The van der Waals surface area contributed by atoms with E-state index in [1.807, 2.05) is 0 Å². The average molecular weight is 240 g/mol. The first-order chi connectivity index (χ1) is 8.16. The Morgan fingerprint density at radius 3 is 2.71 bits per heavy atom. The topological polar surface area (TPSA) is 52.6 Å². The van der Waals surface area contributed by atoms with Crippen LogP contribution in [0.1, 0.15) is 45.4 Å². The smallest absolute Gasteiger partial charge is 0.304 e. The number of nitrogens with zero attached hydrogens (tertiary/aromatic N) is 1. The Labute approximate surface area is 103 Å². The van der Waals surface area contributed by atoms with Crippen LogP contribution in [0.2, 0.25) is 0 Å². The van der Waals surface area contributed by atoms with Crippen molar-refractivity contribution in [2.45, 2.75) is 63.6 Å². The highest BCUT2D eigenvalue weighted by Crippen LogP contribution is 2.27. The van der Waals surface area contributed by atoms with Crippen LogP contribution in [0.5, 0.6) is 0 Å². The molecule has 2 N–H and O–H groups in total. The molecule has 2 atom stereocenters. The van der Waals surface area contributed by atoms with Crippen LogP contribution in [0.3, 0.4) is 0 Å². The molecule has 0 bridgehead atoms. The van der Waals surface area contributed by atoms with Gasteiger partial charge in [-0.05, 0) is 32.7 Å². The van der Waals surface area contributed by atoms with Gasteiger partial charge in [-0.2, -0.15) is 0 Å². The number of aliphatic carboxylic acids is 1. The quantitative estimate of drug-likeness (QED) is 0.784. The van der Waals surface area contributed by atoms with Gasteiger partial charge in [0.1, 0.15) is 0 Å². The molecule has 1 saturated heterocycles. The molecule has 2 unspecified atom stereocenters. The van der Waals surface area contributed by atoms with Crippen molar-refractivity contribution in [2.24, 2.45) is 0 Å². The molecule has 2 rings (SSSR count). The average Bonchev–Trinajstić information content (AvgIpc) is 2.71. The third-order valence-corrected chi connectivity index (χ3v) is 4.21. The van der Waals surface area contributed by atoms with Gasteiger partial charge in [0.15, 0.2) is 0 Å². The number of hydrogen-bond acceptors (Lipinski definition) is 3. The van der Waals surface area contributed by atoms with Crippen molar-refractivity contribution in [3.63, 3.8) is 0 Å². The van der Waals surface area contributed by atoms with Gasteiger partial charge in [-0.15, -0.1) is 0 Å². The predicted octanol–water partition coefficient (Wildman–Crippen LogP) is 1.46. The molecule has 1 heterocycles. The molecule has 2 fully saturated rings. The molecular formula is C13H24N2O2. The van der Waals surface area contributed by atoms with Crippen molar-refractivity contribution in [3.05, 3.63) is 0 Å². The molecule has 1 aliphatic heterocycles. The summed E-state index contributed by atoms with van der Waals surface area (Å²) in [4.78, 5) is 13.4. The minimum atomic E-state index is -0.691. The Bertz CT molecular complexity index is 264. The molecule has 4 nitrogen and oxygen atoms in total. The normalized spacial score (nSPS) is 32.5. The Kier molecular flexibility index (Phi) is 4.40. The van der Waals surface area contributed by atoms with Crippen LogP contribution in [0, 0.1) is 0 Å². The van der Waals surface area contributed by atoms with E-state index in [0.29, 0.717) is 12.1 Å². The number of hydrogen-bond donors (Lipinski definition) is 2. The third kappa shape index (κ3) is 3.42. The monoisotopic (exact) mass is 240 g/mol. The van der Waals surface area contributed by atoms with Crippen LogP contribution < -0.4 is 5.32 Å². The summed E-state index contributed by atoms with van der Waals surface area (Å²) in [6.45, 7) is 4.13. The van der Waals surface area contributed by atoms with Gasteiger partial charge < -0.3 is 10.4 Å². The Hall–Kier alpha value is -0.610. The van der Waals surface area contributed by atoms with Crippen molar-refractivity contribution in [1.82, 2.24) is 10.2 Å². The van der Waals surface area contributed by atoms with Gasteiger partial charge in [0.05, 0.1) is 6.42 Å². The first kappa shape index (κ1) is 12.8. The highest BCUT2D eigenvalue weighted by molar-refractivity contribution is 5.67. The van der Waals surface area contributed by atoms with Crippen molar-refractivity contribution >= 4 is 5.97 Å². The second-order valence-corrected chi connectivity index (χ2v) is 5.52. The standard InChI is InChI=1S/C13H24N2O2/c1-10-6-7-14-11(8-13(16)17)9-15(10)12-4-2-3-5-12/h10-12,14H,2-9H2,1H3,(H,16,17). The first-order valence-electron chi connectivity index (χ1n) is 6.87. The zero-order valence-electron chi connectivity index (χ0n) is 10.7. The first-order valence-corrected chi connectivity index (χ1v) is 6.87. The van der Waals surface area contributed by atoms with Gasteiger partial charge in [0, 0.05) is 24.7 Å². The third-order valence-electron chi connectivity index (χ3n) is 4.21. The maximum absolute atomic E-state index is 10.8. The molecule has 2 aliphatic rings. The van der Waals surface area contributed by atoms with Crippen LogP contribution in [-0.2, 0) is 4.79 Å². The summed E-state index contributed by atoms with van der Waals surface area (Å²) in [5.74, 6) is -0.691. The Morgan fingerprint density at radius 1 is 1.35 bits per heavy atom. The number of nitrogens with one attached hydrogen (secondary N) is 1. The molecule has 0 aromatic heterocycles. The van der Waals surface area contributed by atoms with Gasteiger partial charge >= 0.3 is 5.97 Å². The number of rotatable bonds is 3. The molecule has 98 valence electrons. The number of carbonyl (C=O) groups is 1. The molecule has 0 amide bonds. The second-order valence-electron chi connectivity index (χ2n) is 5.52. The van der Waals surface area contributed by atoms with Crippen LogP contribution >= 0.6 is 0 Å². The lowest BCUT2D eigenvalue weighted by molar-refractivity contribution is -0.137. The van der Waals surface area contributed by atoms with E-state index in [9.17, 15) is 4.79 Å². The highest BCUT2D eigenvalue weighted by Gasteiger charge is 2.30. The Morgan fingerprint density at radius 2 is 2.06 bits per heavy atom. The number of carboxylic acid groups (broad SMARTS) is 1. The zero-order chi connectivity index (χ0) is 12.3. The minimum absolute atomic E-state index is 0.123. The summed E-state index contributed by atoms with van der Waals surface area (Å²) in [6, 6.07) is 1.41. The second kappa shape index (κ2) is 5.83. The number of carboxylic acids is 1. The van der Waals surface area contributed by atoms with Gasteiger partial charge in [0.2, 0.25) is 0 Å². The van der Waals surface area contributed by atoms with E-state index in [4.69, 9.17) is 5.11 Å².